The second kappa shape index (κ2) is 7.56. The zero-order valence-electron chi connectivity index (χ0n) is 15.0. The van der Waals surface area contributed by atoms with Crippen molar-refractivity contribution >= 4 is 17.5 Å². The molecule has 0 saturated heterocycles. The second-order valence-corrected chi connectivity index (χ2v) is 6.65. The maximum Gasteiger partial charge on any atom is 0.254 e. The minimum atomic E-state index is -0.134. The molecule has 2 aromatic rings. The van der Waals surface area contributed by atoms with Crippen LogP contribution in [0.1, 0.15) is 22.8 Å². The molecule has 0 saturated carbocycles. The van der Waals surface area contributed by atoms with Crippen LogP contribution in [0.4, 0.5) is 0 Å². The van der Waals surface area contributed by atoms with Gasteiger partial charge in [-0.3, -0.25) is 4.79 Å². The summed E-state index contributed by atoms with van der Waals surface area (Å²) < 4.78 is 22.5. The van der Waals surface area contributed by atoms with Gasteiger partial charge in [0.1, 0.15) is 26.4 Å². The van der Waals surface area contributed by atoms with Crippen LogP contribution in [0.25, 0.3) is 0 Å². The Hall–Kier alpha value is -2.60. The Morgan fingerprint density at radius 1 is 1.00 bits per heavy atom. The van der Waals surface area contributed by atoms with E-state index < -0.39 is 0 Å². The van der Waals surface area contributed by atoms with Crippen molar-refractivity contribution in [2.75, 3.05) is 33.0 Å². The van der Waals surface area contributed by atoms with E-state index in [1.54, 1.807) is 17.0 Å². The predicted octanol–water partition coefficient (Wildman–Crippen LogP) is 3.54. The summed E-state index contributed by atoms with van der Waals surface area (Å²) in [5, 5.41) is 0.375. The molecule has 6 nitrogen and oxygen atoms in total. The molecule has 0 aliphatic carbocycles. The van der Waals surface area contributed by atoms with E-state index in [0.717, 1.165) is 5.56 Å². The van der Waals surface area contributed by atoms with Crippen molar-refractivity contribution < 1.29 is 23.7 Å². The van der Waals surface area contributed by atoms with Gasteiger partial charge in [-0.2, -0.15) is 0 Å². The fourth-order valence-corrected chi connectivity index (χ4v) is 3.47. The van der Waals surface area contributed by atoms with Crippen molar-refractivity contribution in [1.29, 1.82) is 0 Å². The summed E-state index contributed by atoms with van der Waals surface area (Å²) in [6.45, 7) is 4.80. The molecule has 0 radical (unpaired) electrons. The first-order valence-corrected chi connectivity index (χ1v) is 9.31. The smallest absolute Gasteiger partial charge is 0.254 e. The van der Waals surface area contributed by atoms with E-state index in [0.29, 0.717) is 73.1 Å². The molecule has 142 valence electrons. The summed E-state index contributed by atoms with van der Waals surface area (Å²) in [6.07, 6.45) is 0. The quantitative estimate of drug-likeness (QED) is 0.800. The van der Waals surface area contributed by atoms with Crippen LogP contribution in [0.15, 0.2) is 30.3 Å². The summed E-state index contributed by atoms with van der Waals surface area (Å²) in [5.41, 5.74) is 1.37. The van der Waals surface area contributed by atoms with Gasteiger partial charge < -0.3 is 23.8 Å². The fraction of sp³-hybridized carbons (Fsp3) is 0.350. The lowest BCUT2D eigenvalue weighted by Crippen LogP contribution is -2.31. The molecule has 0 N–H and O–H groups in total. The molecule has 7 heteroatoms. The lowest BCUT2D eigenvalue weighted by molar-refractivity contribution is 0.0748. The van der Waals surface area contributed by atoms with E-state index in [1.807, 2.05) is 25.1 Å². The van der Waals surface area contributed by atoms with E-state index in [9.17, 15) is 4.79 Å². The Bertz CT molecular complexity index is 870. The topological polar surface area (TPSA) is 57.2 Å². The number of fused-ring (bicyclic) bond motifs is 2. The lowest BCUT2D eigenvalue weighted by Gasteiger charge is -2.26. The van der Waals surface area contributed by atoms with Crippen LogP contribution in [-0.4, -0.2) is 43.8 Å². The zero-order chi connectivity index (χ0) is 18.8. The summed E-state index contributed by atoms with van der Waals surface area (Å²) in [7, 11) is 0. The number of hydrogen-bond acceptors (Lipinski definition) is 5. The molecule has 0 fully saturated rings. The Morgan fingerprint density at radius 2 is 1.70 bits per heavy atom. The number of hydrogen-bond donors (Lipinski definition) is 0. The van der Waals surface area contributed by atoms with E-state index in [2.05, 4.69) is 0 Å². The number of ether oxygens (including phenoxy) is 4. The SMILES string of the molecule is CCN(Cc1cccc2c1OCCO2)C(=O)c1cc(Cl)c2c(c1)OCCO2. The predicted molar refractivity (Wildman–Crippen MR) is 100 cm³/mol. The normalized spacial score (nSPS) is 14.6. The molecule has 2 aliphatic rings. The number of carbonyl (C=O) groups is 1. The first kappa shape index (κ1) is 17.8. The monoisotopic (exact) mass is 389 g/mol. The van der Waals surface area contributed by atoms with Crippen molar-refractivity contribution in [2.45, 2.75) is 13.5 Å². The fourth-order valence-electron chi connectivity index (χ4n) is 3.21. The van der Waals surface area contributed by atoms with Gasteiger partial charge in [0.25, 0.3) is 5.91 Å². The van der Waals surface area contributed by atoms with Crippen LogP contribution >= 0.6 is 11.6 Å². The third-order valence-electron chi connectivity index (χ3n) is 4.52. The highest BCUT2D eigenvalue weighted by Gasteiger charge is 2.24. The minimum Gasteiger partial charge on any atom is -0.486 e. The zero-order valence-corrected chi connectivity index (χ0v) is 15.8. The maximum atomic E-state index is 13.1. The van der Waals surface area contributed by atoms with Gasteiger partial charge in [-0.15, -0.1) is 0 Å². The molecular formula is C20H20ClNO5. The molecular weight excluding hydrogens is 370 g/mol. The molecule has 4 rings (SSSR count). The molecule has 0 spiro atoms. The lowest BCUT2D eigenvalue weighted by atomic mass is 10.1. The van der Waals surface area contributed by atoms with Crippen LogP contribution in [0.2, 0.25) is 5.02 Å². The largest absolute Gasteiger partial charge is 0.486 e. The first-order chi connectivity index (χ1) is 13.2. The summed E-state index contributed by atoms with van der Waals surface area (Å²) in [6, 6.07) is 9.03. The maximum absolute atomic E-state index is 13.1. The van der Waals surface area contributed by atoms with Crippen LogP contribution in [0.3, 0.4) is 0 Å². The second-order valence-electron chi connectivity index (χ2n) is 6.24. The summed E-state index contributed by atoms with van der Waals surface area (Å²) >= 11 is 6.28. The van der Waals surface area contributed by atoms with Gasteiger partial charge in [-0.25, -0.2) is 0 Å². The van der Waals surface area contributed by atoms with E-state index in [4.69, 9.17) is 30.5 Å². The molecule has 2 aromatic carbocycles. The molecule has 2 aliphatic heterocycles. The highest BCUT2D eigenvalue weighted by molar-refractivity contribution is 6.32. The van der Waals surface area contributed by atoms with Crippen molar-refractivity contribution in [3.63, 3.8) is 0 Å². The van der Waals surface area contributed by atoms with E-state index >= 15 is 0 Å². The molecule has 2 heterocycles. The summed E-state index contributed by atoms with van der Waals surface area (Å²) in [4.78, 5) is 14.8. The minimum absolute atomic E-state index is 0.134. The van der Waals surface area contributed by atoms with Gasteiger partial charge in [0.05, 0.1) is 5.02 Å². The molecule has 0 aromatic heterocycles. The van der Waals surface area contributed by atoms with Crippen LogP contribution in [0.5, 0.6) is 23.0 Å². The average Bonchev–Trinajstić information content (AvgIpc) is 2.71. The molecule has 0 bridgehead atoms. The molecule has 0 unspecified atom stereocenters. The van der Waals surface area contributed by atoms with Gasteiger partial charge in [-0.05, 0) is 25.1 Å². The third kappa shape index (κ3) is 3.49. The highest BCUT2D eigenvalue weighted by atomic mass is 35.5. The summed E-state index contributed by atoms with van der Waals surface area (Å²) in [5.74, 6) is 2.28. The van der Waals surface area contributed by atoms with Gasteiger partial charge in [0.2, 0.25) is 0 Å². The Balaban J connectivity index is 1.60. The number of carbonyl (C=O) groups excluding carboxylic acids is 1. The first-order valence-electron chi connectivity index (χ1n) is 8.93. The number of amides is 1. The van der Waals surface area contributed by atoms with Gasteiger partial charge in [-0.1, -0.05) is 23.7 Å². The van der Waals surface area contributed by atoms with Crippen LogP contribution < -0.4 is 18.9 Å². The Kier molecular flexibility index (Phi) is 4.99. The van der Waals surface area contributed by atoms with Crippen LogP contribution in [-0.2, 0) is 6.54 Å². The van der Waals surface area contributed by atoms with Gasteiger partial charge in [0, 0.05) is 24.2 Å². The molecule has 1 amide bonds. The average molecular weight is 390 g/mol. The van der Waals surface area contributed by atoms with E-state index in [-0.39, 0.29) is 5.91 Å². The van der Waals surface area contributed by atoms with Crippen molar-refractivity contribution in [1.82, 2.24) is 4.90 Å². The number of halogens is 1. The van der Waals surface area contributed by atoms with Gasteiger partial charge in [0.15, 0.2) is 23.0 Å². The van der Waals surface area contributed by atoms with Crippen molar-refractivity contribution in [3.8, 4) is 23.0 Å². The Labute approximate surface area is 162 Å². The van der Waals surface area contributed by atoms with E-state index in [1.165, 1.54) is 0 Å². The third-order valence-corrected chi connectivity index (χ3v) is 4.80. The standard InChI is InChI=1S/C20H20ClNO5/c1-2-22(12-13-4-3-5-16-18(13)26-8-6-24-16)20(23)14-10-15(21)19-17(11-14)25-7-9-27-19/h3-5,10-11H,2,6-9,12H2,1H3. The highest BCUT2D eigenvalue weighted by Crippen LogP contribution is 2.39. The molecule has 27 heavy (non-hydrogen) atoms. The number of para-hydroxylation sites is 1. The number of rotatable bonds is 4. The van der Waals surface area contributed by atoms with Gasteiger partial charge >= 0.3 is 0 Å². The number of nitrogens with zero attached hydrogens (tertiary/aromatic N) is 1. The Morgan fingerprint density at radius 3 is 2.48 bits per heavy atom. The van der Waals surface area contributed by atoms with Crippen LogP contribution in [0, 0.1) is 0 Å². The molecule has 0 atom stereocenters. The van der Waals surface area contributed by atoms with Crippen molar-refractivity contribution in [2.24, 2.45) is 0 Å². The number of benzene rings is 2. The van der Waals surface area contributed by atoms with Crippen molar-refractivity contribution in [3.05, 3.63) is 46.5 Å².